The van der Waals surface area contributed by atoms with Gasteiger partial charge < -0.3 is 13.9 Å². The van der Waals surface area contributed by atoms with E-state index >= 15 is 0 Å². The predicted octanol–water partition coefficient (Wildman–Crippen LogP) is 13.3. The number of fused-ring (bicyclic) bond motifs is 12. The summed E-state index contributed by atoms with van der Waals surface area (Å²) in [5.74, 6) is 0.407. The summed E-state index contributed by atoms with van der Waals surface area (Å²) in [4.78, 5) is 2.48. The Morgan fingerprint density at radius 3 is 2.11 bits per heavy atom. The van der Waals surface area contributed by atoms with E-state index in [1.165, 1.54) is 83.4 Å². The molecule has 54 heavy (non-hydrogen) atoms. The third-order valence-electron chi connectivity index (χ3n) is 12.6. The summed E-state index contributed by atoms with van der Waals surface area (Å²) in [6, 6.07) is 63.0. The molecule has 3 heteroatoms. The van der Waals surface area contributed by atoms with E-state index in [0.717, 1.165) is 34.0 Å². The molecule has 0 spiro atoms. The average molecular weight is 689 g/mol. The van der Waals surface area contributed by atoms with Crippen molar-refractivity contribution in [1.29, 1.82) is 0 Å². The van der Waals surface area contributed by atoms with Crippen molar-refractivity contribution in [1.82, 2.24) is 4.57 Å². The molecule has 0 saturated heterocycles. The van der Waals surface area contributed by atoms with Gasteiger partial charge >= 0.3 is 0 Å². The highest BCUT2D eigenvalue weighted by atomic mass is 16.3. The van der Waals surface area contributed by atoms with Gasteiger partial charge in [0.15, 0.2) is 0 Å². The van der Waals surface area contributed by atoms with Crippen LogP contribution in [0.3, 0.4) is 0 Å². The van der Waals surface area contributed by atoms with E-state index in [-0.39, 0.29) is 5.92 Å². The largest absolute Gasteiger partial charge is 0.456 e. The van der Waals surface area contributed by atoms with Crippen LogP contribution in [0.15, 0.2) is 174 Å². The fraction of sp³-hybridized carbons (Fsp3) is 0.0588. The zero-order chi connectivity index (χ0) is 35.1. The number of nitrogens with zero attached hydrogens (tertiary/aromatic N) is 2. The molecule has 0 bridgehead atoms. The van der Waals surface area contributed by atoms with Crippen molar-refractivity contribution in [3.63, 3.8) is 0 Å². The number of anilines is 3. The van der Waals surface area contributed by atoms with E-state index in [1.54, 1.807) is 0 Å². The van der Waals surface area contributed by atoms with Crippen molar-refractivity contribution >= 4 is 60.8 Å². The summed E-state index contributed by atoms with van der Waals surface area (Å²) >= 11 is 0. The number of hydrogen-bond acceptors (Lipinski definition) is 2. The van der Waals surface area contributed by atoms with E-state index < -0.39 is 0 Å². The van der Waals surface area contributed by atoms with Gasteiger partial charge in [0.2, 0.25) is 0 Å². The van der Waals surface area contributed by atoms with E-state index in [1.807, 2.05) is 0 Å². The quantitative estimate of drug-likeness (QED) is 0.180. The van der Waals surface area contributed by atoms with E-state index in [2.05, 4.69) is 179 Å². The topological polar surface area (TPSA) is 21.3 Å². The molecule has 10 aromatic rings. The maximum Gasteiger partial charge on any atom is 0.135 e. The molecule has 2 aromatic heterocycles. The molecule has 4 heterocycles. The van der Waals surface area contributed by atoms with Crippen molar-refractivity contribution in [2.45, 2.75) is 18.3 Å². The number of benzene rings is 8. The molecule has 0 radical (unpaired) electrons. The molecule has 3 nitrogen and oxygen atoms in total. The molecule has 2 atom stereocenters. The molecule has 8 aromatic carbocycles. The normalized spacial score (nSPS) is 16.4. The van der Waals surface area contributed by atoms with Crippen LogP contribution in [-0.2, 0) is 6.42 Å². The van der Waals surface area contributed by atoms with Crippen LogP contribution in [0, 0.1) is 0 Å². The Hall–Kier alpha value is -6.84. The number of aromatic nitrogens is 1. The van der Waals surface area contributed by atoms with Crippen LogP contribution in [0.25, 0.3) is 60.6 Å². The van der Waals surface area contributed by atoms with Crippen molar-refractivity contribution < 1.29 is 4.42 Å². The summed E-state index contributed by atoms with van der Waals surface area (Å²) < 4.78 is 9.06. The Morgan fingerprint density at radius 2 is 1.17 bits per heavy atom. The Morgan fingerprint density at radius 1 is 0.481 bits per heavy atom. The lowest BCUT2D eigenvalue weighted by Crippen LogP contribution is -2.25. The van der Waals surface area contributed by atoms with Gasteiger partial charge in [0.05, 0.1) is 22.4 Å². The molecular formula is C51H32N2O. The molecule has 0 amide bonds. The minimum Gasteiger partial charge on any atom is -0.456 e. The van der Waals surface area contributed by atoms with Crippen LogP contribution in [0.1, 0.15) is 45.2 Å². The van der Waals surface area contributed by atoms with Crippen LogP contribution in [-0.4, -0.2) is 4.57 Å². The van der Waals surface area contributed by atoms with Crippen molar-refractivity contribution in [3.8, 4) is 16.8 Å². The van der Waals surface area contributed by atoms with E-state index in [0.29, 0.717) is 5.92 Å². The molecule has 3 aliphatic rings. The van der Waals surface area contributed by atoms with E-state index in [9.17, 15) is 0 Å². The maximum atomic E-state index is 6.58. The molecule has 0 N–H and O–H groups in total. The molecule has 252 valence electrons. The highest BCUT2D eigenvalue weighted by molar-refractivity contribution is 6.12. The van der Waals surface area contributed by atoms with Crippen LogP contribution in [0.2, 0.25) is 0 Å². The minimum atomic E-state index is 0.0869. The summed E-state index contributed by atoms with van der Waals surface area (Å²) in [5.41, 5.74) is 20.2. The fourth-order valence-corrected chi connectivity index (χ4v) is 10.4. The first-order valence-corrected chi connectivity index (χ1v) is 19.0. The minimum absolute atomic E-state index is 0.0869. The van der Waals surface area contributed by atoms with E-state index in [4.69, 9.17) is 4.42 Å². The summed E-state index contributed by atoms with van der Waals surface area (Å²) in [6.45, 7) is 0. The molecule has 0 saturated carbocycles. The average Bonchev–Trinajstić information content (AvgIpc) is 3.77. The van der Waals surface area contributed by atoms with Gasteiger partial charge in [-0.3, -0.25) is 0 Å². The highest BCUT2D eigenvalue weighted by Crippen LogP contribution is 2.56. The molecule has 2 unspecified atom stereocenters. The smallest absolute Gasteiger partial charge is 0.135 e. The zero-order valence-corrected chi connectivity index (χ0v) is 29.3. The standard InChI is InChI=1S/C51H32N2O/c1-2-12-33-30(11-1)27-42-35-14-4-6-19-43(35)52(46-22-10-16-36(33)50(42)46)32-24-26-48-41(29-32)40-28-31(23-25-47(40)54-48)49-38-15-5-8-21-45(38)53-44-20-7-3-13-34(44)37-17-9-18-39(49)51(37)53/h1-26,28-29,42,49H,27H2. The van der Waals surface area contributed by atoms with Crippen LogP contribution in [0.5, 0.6) is 0 Å². The van der Waals surface area contributed by atoms with Gasteiger partial charge in [-0.05, 0) is 106 Å². The molecule has 13 rings (SSSR count). The first kappa shape index (κ1) is 28.7. The second-order valence-corrected chi connectivity index (χ2v) is 15.2. The summed E-state index contributed by atoms with van der Waals surface area (Å²) in [6.07, 6.45) is 1.01. The number of hydrogen-bond donors (Lipinski definition) is 0. The Balaban J connectivity index is 1.02. The number of rotatable bonds is 2. The van der Waals surface area contributed by atoms with Crippen molar-refractivity contribution in [2.24, 2.45) is 0 Å². The Kier molecular flexibility index (Phi) is 5.53. The molecule has 2 aliphatic heterocycles. The Bertz CT molecular complexity index is 3230. The third-order valence-corrected chi connectivity index (χ3v) is 12.6. The highest BCUT2D eigenvalue weighted by Gasteiger charge is 2.37. The second-order valence-electron chi connectivity index (χ2n) is 15.2. The van der Waals surface area contributed by atoms with Crippen LogP contribution >= 0.6 is 0 Å². The van der Waals surface area contributed by atoms with Crippen molar-refractivity contribution in [2.75, 3.05) is 4.90 Å². The molecule has 0 fully saturated rings. The predicted molar refractivity (Wildman–Crippen MR) is 221 cm³/mol. The Labute approximate surface area is 311 Å². The molecule has 1 aliphatic carbocycles. The van der Waals surface area contributed by atoms with Gasteiger partial charge in [0, 0.05) is 44.8 Å². The monoisotopic (exact) mass is 688 g/mol. The fourth-order valence-electron chi connectivity index (χ4n) is 10.4. The maximum absolute atomic E-state index is 6.58. The van der Waals surface area contributed by atoms with Gasteiger partial charge in [-0.15, -0.1) is 0 Å². The second kappa shape index (κ2) is 10.4. The lowest BCUT2D eigenvalue weighted by Gasteiger charge is -2.41. The number of para-hydroxylation sites is 4. The van der Waals surface area contributed by atoms with Gasteiger partial charge in [-0.2, -0.15) is 0 Å². The van der Waals surface area contributed by atoms with Crippen molar-refractivity contribution in [3.05, 3.63) is 203 Å². The van der Waals surface area contributed by atoms with Crippen LogP contribution in [0.4, 0.5) is 17.1 Å². The van der Waals surface area contributed by atoms with Gasteiger partial charge in [-0.25, -0.2) is 0 Å². The summed E-state index contributed by atoms with van der Waals surface area (Å²) in [5, 5.41) is 4.88. The summed E-state index contributed by atoms with van der Waals surface area (Å²) in [7, 11) is 0. The third kappa shape index (κ3) is 3.66. The zero-order valence-electron chi connectivity index (χ0n) is 29.3. The molecular weight excluding hydrogens is 657 g/mol. The first-order chi connectivity index (χ1) is 26.8. The SMILES string of the molecule is c1ccc2c(c1)CC1c3ccccc3N(c3ccc4oc5ccc(C6c7ccccc7-n7c8ccccc8c8cccc6c87)cc5c4c3)c3cccc-2c31. The first-order valence-electron chi connectivity index (χ1n) is 19.0. The lowest BCUT2D eigenvalue weighted by atomic mass is 9.72. The number of furan rings is 1. The van der Waals surface area contributed by atoms with Gasteiger partial charge in [-0.1, -0.05) is 115 Å². The van der Waals surface area contributed by atoms with Gasteiger partial charge in [0.25, 0.3) is 0 Å². The van der Waals surface area contributed by atoms with Gasteiger partial charge in [0.1, 0.15) is 11.2 Å². The van der Waals surface area contributed by atoms with Crippen LogP contribution < -0.4 is 4.90 Å². The lowest BCUT2D eigenvalue weighted by molar-refractivity contribution is 0.668.